The van der Waals surface area contributed by atoms with Crippen molar-refractivity contribution in [1.29, 1.82) is 0 Å². The number of carbonyl (C=O) groups is 1. The van der Waals surface area contributed by atoms with Gasteiger partial charge in [-0.15, -0.1) is 0 Å². The van der Waals surface area contributed by atoms with Gasteiger partial charge in [-0.1, -0.05) is 24.3 Å². The minimum absolute atomic E-state index is 0.0208. The Hall–Kier alpha value is -2.01. The maximum Gasteiger partial charge on any atom is 0.217 e. The van der Waals surface area contributed by atoms with Crippen LogP contribution in [0.2, 0.25) is 0 Å². The maximum atomic E-state index is 10.8. The lowest BCUT2D eigenvalue weighted by molar-refractivity contribution is -0.119. The average Bonchev–Trinajstić information content (AvgIpc) is 2.68. The van der Waals surface area contributed by atoms with E-state index in [1.54, 1.807) is 0 Å². The van der Waals surface area contributed by atoms with Gasteiger partial charge in [-0.25, -0.2) is 0 Å². The van der Waals surface area contributed by atoms with E-state index in [2.05, 4.69) is 10.6 Å². The number of nitrogens with two attached hydrogens (primary N) is 1. The molecule has 5 nitrogen and oxygen atoms in total. The van der Waals surface area contributed by atoms with Crippen LogP contribution in [0.25, 0.3) is 5.70 Å². The first-order valence-electron chi connectivity index (χ1n) is 5.86. The molecule has 2 rings (SSSR count). The number of amides is 1. The molecule has 1 aromatic rings. The third-order valence-electron chi connectivity index (χ3n) is 2.98. The molecule has 0 bridgehead atoms. The van der Waals surface area contributed by atoms with Crippen molar-refractivity contribution in [2.24, 2.45) is 5.73 Å². The summed E-state index contributed by atoms with van der Waals surface area (Å²) in [5.74, 6) is -0.0208. The summed E-state index contributed by atoms with van der Waals surface area (Å²) in [6, 6.07) is 8.06. The Kier molecular flexibility index (Phi) is 3.53. The van der Waals surface area contributed by atoms with Crippen molar-refractivity contribution >= 4 is 11.6 Å². The fraction of sp³-hybridized carbons (Fsp3) is 0.308. The van der Waals surface area contributed by atoms with Crippen LogP contribution >= 0.6 is 0 Å². The van der Waals surface area contributed by atoms with E-state index in [1.165, 1.54) is 6.92 Å². The fourth-order valence-corrected chi connectivity index (χ4v) is 1.83. The zero-order valence-electron chi connectivity index (χ0n) is 10.6. The first-order chi connectivity index (χ1) is 8.58. The molecule has 0 saturated heterocycles. The van der Waals surface area contributed by atoms with E-state index in [9.17, 15) is 4.79 Å². The van der Waals surface area contributed by atoms with Crippen LogP contribution in [0.4, 0.5) is 0 Å². The quantitative estimate of drug-likeness (QED) is 0.722. The zero-order chi connectivity index (χ0) is 13.1. The van der Waals surface area contributed by atoms with E-state index in [4.69, 9.17) is 5.73 Å². The summed E-state index contributed by atoms with van der Waals surface area (Å²) in [5, 5.41) is 5.83. The molecule has 4 N–H and O–H groups in total. The molecule has 0 saturated carbocycles. The smallest absolute Gasteiger partial charge is 0.217 e. The number of rotatable bonds is 3. The van der Waals surface area contributed by atoms with Gasteiger partial charge in [-0.2, -0.15) is 0 Å². The van der Waals surface area contributed by atoms with Gasteiger partial charge in [0.1, 0.15) is 0 Å². The molecule has 0 aliphatic carbocycles. The van der Waals surface area contributed by atoms with Crippen LogP contribution in [0.15, 0.2) is 30.5 Å². The van der Waals surface area contributed by atoms with Crippen molar-refractivity contribution in [1.82, 2.24) is 15.5 Å². The number of carbonyl (C=O) groups excluding carboxylic acids is 1. The van der Waals surface area contributed by atoms with E-state index < -0.39 is 0 Å². The molecule has 18 heavy (non-hydrogen) atoms. The third-order valence-corrected chi connectivity index (χ3v) is 2.98. The highest BCUT2D eigenvalue weighted by Crippen LogP contribution is 2.21. The topological polar surface area (TPSA) is 70.4 Å². The van der Waals surface area contributed by atoms with E-state index in [-0.39, 0.29) is 12.2 Å². The normalized spacial score (nSPS) is 18.3. The van der Waals surface area contributed by atoms with E-state index in [0.29, 0.717) is 6.54 Å². The minimum atomic E-state index is -0.168. The highest BCUT2D eigenvalue weighted by Gasteiger charge is 2.19. The number of benzene rings is 1. The molecule has 1 amide bonds. The monoisotopic (exact) mass is 246 g/mol. The molecule has 5 heteroatoms. The first kappa shape index (κ1) is 12.4. The van der Waals surface area contributed by atoms with Gasteiger partial charge in [-0.3, -0.25) is 10.5 Å². The number of nitrogens with zero attached hydrogens (tertiary/aromatic N) is 1. The van der Waals surface area contributed by atoms with Crippen LogP contribution in [-0.4, -0.2) is 24.1 Å². The summed E-state index contributed by atoms with van der Waals surface area (Å²) in [6.07, 6.45) is 1.74. The van der Waals surface area contributed by atoms with E-state index in [0.717, 1.165) is 16.8 Å². The summed E-state index contributed by atoms with van der Waals surface area (Å²) in [5.41, 5.74) is 9.07. The molecule has 1 aliphatic rings. The van der Waals surface area contributed by atoms with E-state index >= 15 is 0 Å². The minimum Gasteiger partial charge on any atom is -0.357 e. The van der Waals surface area contributed by atoms with Gasteiger partial charge >= 0.3 is 0 Å². The third kappa shape index (κ3) is 2.62. The van der Waals surface area contributed by atoms with Crippen LogP contribution in [0.3, 0.4) is 0 Å². The highest BCUT2D eigenvalue weighted by molar-refractivity contribution is 5.72. The molecule has 0 aromatic heterocycles. The summed E-state index contributed by atoms with van der Waals surface area (Å²) < 4.78 is 0. The molecule has 1 heterocycles. The molecule has 1 atom stereocenters. The van der Waals surface area contributed by atoms with Gasteiger partial charge in [0.15, 0.2) is 6.29 Å². The Morgan fingerprint density at radius 3 is 2.61 bits per heavy atom. The molecule has 0 spiro atoms. The van der Waals surface area contributed by atoms with Gasteiger partial charge in [0.2, 0.25) is 5.91 Å². The molecular formula is C13H18N4O. The van der Waals surface area contributed by atoms with Crippen molar-refractivity contribution in [2.75, 3.05) is 7.05 Å². The molecule has 1 aromatic carbocycles. The first-order valence-corrected chi connectivity index (χ1v) is 5.86. The Morgan fingerprint density at radius 2 is 2.11 bits per heavy atom. The van der Waals surface area contributed by atoms with Crippen LogP contribution in [0.1, 0.15) is 18.1 Å². The maximum absolute atomic E-state index is 10.8. The Morgan fingerprint density at radius 1 is 1.44 bits per heavy atom. The lowest BCUT2D eigenvalue weighted by Crippen LogP contribution is -2.41. The van der Waals surface area contributed by atoms with Gasteiger partial charge in [0, 0.05) is 26.7 Å². The van der Waals surface area contributed by atoms with Crippen LogP contribution in [0.5, 0.6) is 0 Å². The fourth-order valence-electron chi connectivity index (χ4n) is 1.83. The molecular weight excluding hydrogens is 228 g/mol. The Labute approximate surface area is 107 Å². The summed E-state index contributed by atoms with van der Waals surface area (Å²) >= 11 is 0. The molecule has 0 fully saturated rings. The van der Waals surface area contributed by atoms with Crippen molar-refractivity contribution in [3.63, 3.8) is 0 Å². The number of nitrogens with one attached hydrogen (secondary N) is 2. The Balaban J connectivity index is 2.06. The number of hydrogen-bond donors (Lipinski definition) is 3. The van der Waals surface area contributed by atoms with Crippen molar-refractivity contribution in [2.45, 2.75) is 19.8 Å². The average molecular weight is 246 g/mol. The van der Waals surface area contributed by atoms with Crippen LogP contribution in [0, 0.1) is 0 Å². The van der Waals surface area contributed by atoms with Crippen LogP contribution in [-0.2, 0) is 11.3 Å². The predicted octanol–water partition coefficient (Wildman–Crippen LogP) is 0.398. The van der Waals surface area contributed by atoms with Gasteiger partial charge in [0.05, 0.1) is 5.70 Å². The van der Waals surface area contributed by atoms with Crippen molar-refractivity contribution in [3.8, 4) is 0 Å². The SMILES string of the molecule is CC(=O)NCc1ccc(C2=CNC(N)N2C)cc1. The van der Waals surface area contributed by atoms with Crippen molar-refractivity contribution < 1.29 is 4.79 Å². The predicted molar refractivity (Wildman–Crippen MR) is 70.8 cm³/mol. The standard InChI is InChI=1S/C13H18N4O/c1-9(18)15-7-10-3-5-11(6-4-10)12-8-16-13(14)17(12)2/h3-6,8,13,16H,7,14H2,1-2H3,(H,15,18). The lowest BCUT2D eigenvalue weighted by Gasteiger charge is -2.21. The highest BCUT2D eigenvalue weighted by atomic mass is 16.1. The zero-order valence-corrected chi connectivity index (χ0v) is 10.6. The van der Waals surface area contributed by atoms with Crippen molar-refractivity contribution in [3.05, 3.63) is 41.6 Å². The summed E-state index contributed by atoms with van der Waals surface area (Å²) in [7, 11) is 1.95. The number of hydrogen-bond acceptors (Lipinski definition) is 4. The second-order valence-corrected chi connectivity index (χ2v) is 4.36. The molecule has 0 radical (unpaired) electrons. The summed E-state index contributed by atoms with van der Waals surface area (Å²) in [6.45, 7) is 2.07. The molecule has 1 unspecified atom stereocenters. The van der Waals surface area contributed by atoms with Gasteiger partial charge < -0.3 is 15.5 Å². The Bertz CT molecular complexity index is 466. The van der Waals surface area contributed by atoms with E-state index in [1.807, 2.05) is 42.4 Å². The lowest BCUT2D eigenvalue weighted by atomic mass is 10.1. The second kappa shape index (κ2) is 5.10. The summed E-state index contributed by atoms with van der Waals surface area (Å²) in [4.78, 5) is 12.8. The van der Waals surface area contributed by atoms with Gasteiger partial charge in [0.25, 0.3) is 0 Å². The van der Waals surface area contributed by atoms with Crippen LogP contribution < -0.4 is 16.4 Å². The largest absolute Gasteiger partial charge is 0.357 e. The second-order valence-electron chi connectivity index (χ2n) is 4.36. The molecule has 96 valence electrons. The van der Waals surface area contributed by atoms with Gasteiger partial charge in [-0.05, 0) is 11.1 Å². The molecule has 1 aliphatic heterocycles.